The van der Waals surface area contributed by atoms with Crippen LogP contribution in [0.1, 0.15) is 49.9 Å². The molecule has 0 fully saturated rings. The minimum Gasteiger partial charge on any atom is -0.278 e. The normalized spacial score (nSPS) is 15.3. The van der Waals surface area contributed by atoms with Crippen molar-refractivity contribution >= 4 is 21.8 Å². The Kier molecular flexibility index (Phi) is 4.74. The standard InChI is InChI=1S/C40H31N3/c1-39(2)30-19-11-8-16-25(30)28-22-29-34(23-32(28)39)43(37-26-17-9-12-20-31(26)40(3,4)35(29)37)38-41-33-21-13-10-18-27(33)36(42-38)24-14-6-5-7-15-24/h5-23H,1-4H3. The second kappa shape index (κ2) is 8.29. The molecule has 0 atom stereocenters. The second-order valence-electron chi connectivity index (χ2n) is 13.1. The summed E-state index contributed by atoms with van der Waals surface area (Å²) in [5.41, 5.74) is 14.5. The molecule has 3 heteroatoms. The van der Waals surface area contributed by atoms with Crippen molar-refractivity contribution in [3.05, 3.63) is 138 Å². The Balaban J connectivity index is 1.45. The van der Waals surface area contributed by atoms with Gasteiger partial charge in [-0.1, -0.05) is 125 Å². The van der Waals surface area contributed by atoms with E-state index in [0.29, 0.717) is 5.95 Å². The summed E-state index contributed by atoms with van der Waals surface area (Å²) in [7, 11) is 0. The number of benzene rings is 5. The summed E-state index contributed by atoms with van der Waals surface area (Å²) < 4.78 is 2.36. The summed E-state index contributed by atoms with van der Waals surface area (Å²) in [4.78, 5) is 10.7. The van der Waals surface area contributed by atoms with Gasteiger partial charge in [-0.05, 0) is 51.6 Å². The monoisotopic (exact) mass is 553 g/mol. The van der Waals surface area contributed by atoms with Crippen LogP contribution in [-0.2, 0) is 10.8 Å². The topological polar surface area (TPSA) is 30.7 Å². The van der Waals surface area contributed by atoms with E-state index in [4.69, 9.17) is 9.97 Å². The number of nitrogens with zero attached hydrogens (tertiary/aromatic N) is 3. The van der Waals surface area contributed by atoms with Crippen LogP contribution in [0.5, 0.6) is 0 Å². The highest BCUT2D eigenvalue weighted by atomic mass is 15.2. The molecular formula is C40H31N3. The summed E-state index contributed by atoms with van der Waals surface area (Å²) in [5, 5.41) is 2.34. The van der Waals surface area contributed by atoms with Gasteiger partial charge in [0.1, 0.15) is 0 Å². The smallest absolute Gasteiger partial charge is 0.235 e. The molecule has 206 valence electrons. The van der Waals surface area contributed by atoms with E-state index in [1.165, 1.54) is 55.5 Å². The molecule has 3 nitrogen and oxygen atoms in total. The van der Waals surface area contributed by atoms with Crippen molar-refractivity contribution in [2.75, 3.05) is 0 Å². The minimum atomic E-state index is -0.170. The fourth-order valence-electron chi connectivity index (χ4n) is 7.93. The maximum atomic E-state index is 5.38. The average Bonchev–Trinajstić information content (AvgIpc) is 3.58. The summed E-state index contributed by atoms with van der Waals surface area (Å²) in [5.74, 6) is 0.713. The largest absolute Gasteiger partial charge is 0.278 e. The molecule has 0 amide bonds. The fraction of sp³-hybridized carbons (Fsp3) is 0.150. The zero-order valence-electron chi connectivity index (χ0n) is 24.8. The van der Waals surface area contributed by atoms with Crippen LogP contribution < -0.4 is 0 Å². The van der Waals surface area contributed by atoms with Gasteiger partial charge >= 0.3 is 0 Å². The Morgan fingerprint density at radius 3 is 1.98 bits per heavy atom. The van der Waals surface area contributed by atoms with Crippen LogP contribution >= 0.6 is 0 Å². The van der Waals surface area contributed by atoms with Gasteiger partial charge in [-0.25, -0.2) is 9.97 Å². The van der Waals surface area contributed by atoms with Crippen LogP contribution in [0.4, 0.5) is 0 Å². The predicted octanol–water partition coefficient (Wildman–Crippen LogP) is 9.85. The Hall–Kier alpha value is -5.02. The number of fused-ring (bicyclic) bond motifs is 9. The lowest BCUT2D eigenvalue weighted by Gasteiger charge is -2.23. The molecule has 2 aliphatic carbocycles. The number of aromatic nitrogens is 3. The van der Waals surface area contributed by atoms with Gasteiger partial charge in [0.15, 0.2) is 0 Å². The molecule has 2 aromatic heterocycles. The highest BCUT2D eigenvalue weighted by Crippen LogP contribution is 2.56. The van der Waals surface area contributed by atoms with Crippen molar-refractivity contribution in [3.63, 3.8) is 0 Å². The van der Waals surface area contributed by atoms with E-state index < -0.39 is 0 Å². The van der Waals surface area contributed by atoms with Crippen molar-refractivity contribution < 1.29 is 0 Å². The van der Waals surface area contributed by atoms with E-state index >= 15 is 0 Å². The van der Waals surface area contributed by atoms with Gasteiger partial charge in [-0.3, -0.25) is 4.57 Å². The third kappa shape index (κ3) is 3.14. The first kappa shape index (κ1) is 24.6. The molecule has 0 N–H and O–H groups in total. The molecule has 0 aliphatic heterocycles. The lowest BCUT2D eigenvalue weighted by Crippen LogP contribution is -2.16. The Morgan fingerprint density at radius 2 is 1.19 bits per heavy atom. The Labute approximate surface area is 251 Å². The van der Waals surface area contributed by atoms with E-state index in [1.807, 2.05) is 0 Å². The number of hydrogen-bond acceptors (Lipinski definition) is 2. The van der Waals surface area contributed by atoms with E-state index in [9.17, 15) is 0 Å². The lowest BCUT2D eigenvalue weighted by atomic mass is 9.80. The molecule has 5 aromatic carbocycles. The lowest BCUT2D eigenvalue weighted by molar-refractivity contribution is 0.660. The van der Waals surface area contributed by atoms with Gasteiger partial charge in [-0.2, -0.15) is 0 Å². The Morgan fingerprint density at radius 1 is 0.535 bits per heavy atom. The van der Waals surface area contributed by atoms with Gasteiger partial charge in [-0.15, -0.1) is 0 Å². The second-order valence-corrected chi connectivity index (χ2v) is 13.1. The Bertz CT molecular complexity index is 2290. The summed E-state index contributed by atoms with van der Waals surface area (Å²) >= 11 is 0. The zero-order chi connectivity index (χ0) is 29.1. The molecule has 0 bridgehead atoms. The molecule has 0 unspecified atom stereocenters. The van der Waals surface area contributed by atoms with Crippen LogP contribution in [0.25, 0.3) is 61.4 Å². The third-order valence-corrected chi connectivity index (χ3v) is 9.99. The summed E-state index contributed by atoms with van der Waals surface area (Å²) in [6.07, 6.45) is 0. The summed E-state index contributed by atoms with van der Waals surface area (Å²) in [6.45, 7) is 9.43. The van der Waals surface area contributed by atoms with Crippen molar-refractivity contribution in [1.29, 1.82) is 0 Å². The quantitative estimate of drug-likeness (QED) is 0.213. The van der Waals surface area contributed by atoms with Crippen LogP contribution in [0.15, 0.2) is 115 Å². The average molecular weight is 554 g/mol. The highest BCUT2D eigenvalue weighted by Gasteiger charge is 2.43. The van der Waals surface area contributed by atoms with Crippen LogP contribution in [0.2, 0.25) is 0 Å². The van der Waals surface area contributed by atoms with Gasteiger partial charge in [0.2, 0.25) is 5.95 Å². The van der Waals surface area contributed by atoms with Gasteiger partial charge in [0, 0.05) is 32.7 Å². The SMILES string of the molecule is CC1(C)c2ccccc2-c2cc3c4c(n(-c5nc(-c6ccccc6)c6ccccc6n5)c3cc21)-c1ccccc1C4(C)C. The predicted molar refractivity (Wildman–Crippen MR) is 177 cm³/mol. The van der Waals surface area contributed by atoms with Crippen molar-refractivity contribution in [1.82, 2.24) is 14.5 Å². The molecule has 7 aromatic rings. The van der Waals surface area contributed by atoms with Gasteiger partial charge in [0.05, 0.1) is 22.4 Å². The van der Waals surface area contributed by atoms with Crippen molar-refractivity contribution in [2.45, 2.75) is 38.5 Å². The molecule has 2 aliphatic rings. The fourth-order valence-corrected chi connectivity index (χ4v) is 7.93. The van der Waals surface area contributed by atoms with E-state index in [2.05, 4.69) is 148 Å². The molecule has 0 saturated heterocycles. The van der Waals surface area contributed by atoms with Crippen LogP contribution in [-0.4, -0.2) is 14.5 Å². The van der Waals surface area contributed by atoms with Crippen LogP contribution in [0.3, 0.4) is 0 Å². The zero-order valence-corrected chi connectivity index (χ0v) is 24.8. The first-order chi connectivity index (χ1) is 20.9. The number of rotatable bonds is 2. The van der Waals surface area contributed by atoms with Crippen molar-refractivity contribution in [3.8, 4) is 39.6 Å². The molecule has 9 rings (SSSR count). The van der Waals surface area contributed by atoms with Gasteiger partial charge in [0.25, 0.3) is 0 Å². The maximum Gasteiger partial charge on any atom is 0.235 e. The number of para-hydroxylation sites is 1. The molecule has 43 heavy (non-hydrogen) atoms. The van der Waals surface area contributed by atoms with Gasteiger partial charge < -0.3 is 0 Å². The van der Waals surface area contributed by atoms with E-state index in [0.717, 1.165) is 22.2 Å². The first-order valence-electron chi connectivity index (χ1n) is 15.1. The van der Waals surface area contributed by atoms with E-state index in [1.54, 1.807) is 0 Å². The number of hydrogen-bond donors (Lipinski definition) is 0. The summed E-state index contributed by atoms with van der Waals surface area (Å²) in [6, 6.07) is 41.5. The molecule has 0 spiro atoms. The minimum absolute atomic E-state index is 0.105. The molecular weight excluding hydrogens is 522 g/mol. The molecule has 0 saturated carbocycles. The molecule has 2 heterocycles. The third-order valence-electron chi connectivity index (χ3n) is 9.99. The van der Waals surface area contributed by atoms with Crippen molar-refractivity contribution in [2.24, 2.45) is 0 Å². The molecule has 0 radical (unpaired) electrons. The van der Waals surface area contributed by atoms with E-state index in [-0.39, 0.29) is 10.8 Å². The highest BCUT2D eigenvalue weighted by molar-refractivity contribution is 6.03. The maximum absolute atomic E-state index is 5.38. The first-order valence-corrected chi connectivity index (χ1v) is 15.1. The van der Waals surface area contributed by atoms with Crippen LogP contribution in [0, 0.1) is 0 Å².